The van der Waals surface area contributed by atoms with Crippen LogP contribution in [0.1, 0.15) is 35.6 Å². The fourth-order valence-corrected chi connectivity index (χ4v) is 2.75. The average molecular weight is 311 g/mol. The summed E-state index contributed by atoms with van der Waals surface area (Å²) >= 11 is 0. The third-order valence-electron chi connectivity index (χ3n) is 3.82. The molecule has 0 heterocycles. The van der Waals surface area contributed by atoms with Crippen LogP contribution in [0.2, 0.25) is 0 Å². The second-order valence-corrected chi connectivity index (χ2v) is 5.32. The highest BCUT2D eigenvalue weighted by Gasteiger charge is 2.59. The second kappa shape index (κ2) is 5.51. The minimum absolute atomic E-state index is 0.115. The summed E-state index contributed by atoms with van der Waals surface area (Å²) in [4.78, 5) is 0. The van der Waals surface area contributed by atoms with E-state index in [9.17, 15) is 26.3 Å². The Balaban J connectivity index is 2.35. The van der Waals surface area contributed by atoms with Crippen LogP contribution in [-0.4, -0.2) is 12.4 Å². The molecule has 0 spiro atoms. The lowest BCUT2D eigenvalue weighted by Crippen LogP contribution is -2.44. The van der Waals surface area contributed by atoms with Gasteiger partial charge < -0.3 is 5.73 Å². The normalized spacial score (nSPS) is 17.7. The summed E-state index contributed by atoms with van der Waals surface area (Å²) in [7, 11) is 0. The molecule has 0 aromatic heterocycles. The Morgan fingerprint density at radius 3 is 1.90 bits per heavy atom. The minimum Gasteiger partial charge on any atom is -0.323 e. The summed E-state index contributed by atoms with van der Waals surface area (Å²) in [6.07, 6.45) is -7.52. The molecule has 0 fully saturated rings. The summed E-state index contributed by atoms with van der Waals surface area (Å²) < 4.78 is 76.1. The lowest BCUT2D eigenvalue weighted by atomic mass is 9.86. The Morgan fingerprint density at radius 1 is 0.857 bits per heavy atom. The highest BCUT2D eigenvalue weighted by atomic mass is 19.4. The Labute approximate surface area is 118 Å². The molecule has 1 unspecified atom stereocenters. The predicted octanol–water partition coefficient (Wildman–Crippen LogP) is 4.31. The van der Waals surface area contributed by atoms with Crippen molar-refractivity contribution in [2.45, 2.75) is 44.1 Å². The van der Waals surface area contributed by atoms with Gasteiger partial charge in [-0.25, -0.2) is 0 Å². The van der Waals surface area contributed by atoms with Crippen LogP contribution in [0, 0.1) is 5.92 Å². The number of aryl methyl sites for hydroxylation is 2. The van der Waals surface area contributed by atoms with Crippen LogP contribution in [0.25, 0.3) is 0 Å². The van der Waals surface area contributed by atoms with Crippen molar-refractivity contribution in [3.05, 3.63) is 34.9 Å². The molecule has 7 heteroatoms. The quantitative estimate of drug-likeness (QED) is 0.809. The fraction of sp³-hybridized carbons (Fsp3) is 0.571. The highest BCUT2D eigenvalue weighted by molar-refractivity contribution is 5.35. The van der Waals surface area contributed by atoms with Crippen LogP contribution >= 0.6 is 0 Å². The van der Waals surface area contributed by atoms with E-state index >= 15 is 0 Å². The maximum absolute atomic E-state index is 12.7. The van der Waals surface area contributed by atoms with Crippen molar-refractivity contribution < 1.29 is 26.3 Å². The Kier molecular flexibility index (Phi) is 4.24. The smallest absolute Gasteiger partial charge is 0.323 e. The van der Waals surface area contributed by atoms with Crippen molar-refractivity contribution in [1.29, 1.82) is 0 Å². The monoisotopic (exact) mass is 311 g/mol. The van der Waals surface area contributed by atoms with Gasteiger partial charge in [-0.1, -0.05) is 18.2 Å². The average Bonchev–Trinajstić information content (AvgIpc) is 2.34. The molecule has 0 bridgehead atoms. The standard InChI is InChI=1S/C14H15F6N/c15-13(16,17)12(14(18,19)20)11(21)10-6-5-8-3-1-2-4-9(8)7-10/h5-7,11-12H,1-4,21H2. The largest absolute Gasteiger partial charge is 0.402 e. The van der Waals surface area contributed by atoms with Crippen LogP contribution in [0.3, 0.4) is 0 Å². The van der Waals surface area contributed by atoms with Crippen LogP contribution in [0.15, 0.2) is 18.2 Å². The molecule has 1 aromatic rings. The van der Waals surface area contributed by atoms with E-state index in [1.165, 1.54) is 12.1 Å². The lowest BCUT2D eigenvalue weighted by Gasteiger charge is -2.29. The van der Waals surface area contributed by atoms with Gasteiger partial charge in [0.05, 0.1) is 6.04 Å². The molecule has 2 rings (SSSR count). The summed E-state index contributed by atoms with van der Waals surface area (Å²) in [6.45, 7) is 0. The molecule has 1 atom stereocenters. The summed E-state index contributed by atoms with van der Waals surface area (Å²) in [5, 5.41) is 0. The third kappa shape index (κ3) is 3.51. The third-order valence-corrected chi connectivity index (χ3v) is 3.82. The lowest BCUT2D eigenvalue weighted by molar-refractivity contribution is -0.290. The van der Waals surface area contributed by atoms with Crippen molar-refractivity contribution >= 4 is 0 Å². The number of hydrogen-bond donors (Lipinski definition) is 1. The van der Waals surface area contributed by atoms with Crippen molar-refractivity contribution in [1.82, 2.24) is 0 Å². The number of hydrogen-bond acceptors (Lipinski definition) is 1. The van der Waals surface area contributed by atoms with Crippen LogP contribution in [-0.2, 0) is 12.8 Å². The molecule has 0 radical (unpaired) electrons. The van der Waals surface area contributed by atoms with Gasteiger partial charge in [-0.2, -0.15) is 26.3 Å². The van der Waals surface area contributed by atoms with E-state index < -0.39 is 24.3 Å². The van der Waals surface area contributed by atoms with Crippen LogP contribution < -0.4 is 5.73 Å². The van der Waals surface area contributed by atoms with Crippen molar-refractivity contribution in [2.24, 2.45) is 11.7 Å². The van der Waals surface area contributed by atoms with Crippen LogP contribution in [0.5, 0.6) is 0 Å². The predicted molar refractivity (Wildman–Crippen MR) is 65.6 cm³/mol. The van der Waals surface area contributed by atoms with Crippen LogP contribution in [0.4, 0.5) is 26.3 Å². The minimum atomic E-state index is -5.42. The number of fused-ring (bicyclic) bond motifs is 1. The van der Waals surface area contributed by atoms with Gasteiger partial charge in [0.2, 0.25) is 0 Å². The maximum Gasteiger partial charge on any atom is 0.402 e. The van der Waals surface area contributed by atoms with Gasteiger partial charge in [0, 0.05) is 0 Å². The molecule has 0 saturated carbocycles. The summed E-state index contributed by atoms with van der Waals surface area (Å²) in [5.74, 6) is -3.55. The van der Waals surface area contributed by atoms with Gasteiger partial charge in [0.1, 0.15) is 0 Å². The van der Waals surface area contributed by atoms with Gasteiger partial charge in [0.15, 0.2) is 5.92 Å². The first-order valence-electron chi connectivity index (χ1n) is 6.61. The van der Waals surface area contributed by atoms with Crippen molar-refractivity contribution in [2.75, 3.05) is 0 Å². The Morgan fingerprint density at radius 2 is 1.38 bits per heavy atom. The van der Waals surface area contributed by atoms with Gasteiger partial charge >= 0.3 is 12.4 Å². The van der Waals surface area contributed by atoms with E-state index in [1.54, 1.807) is 6.07 Å². The fourth-order valence-electron chi connectivity index (χ4n) is 2.75. The summed E-state index contributed by atoms with van der Waals surface area (Å²) in [6, 6.07) is 2.12. The van der Waals surface area contributed by atoms with Gasteiger partial charge in [0.25, 0.3) is 0 Å². The molecule has 1 aliphatic carbocycles. The Bertz CT molecular complexity index is 491. The molecule has 2 N–H and O–H groups in total. The topological polar surface area (TPSA) is 26.0 Å². The molecule has 118 valence electrons. The SMILES string of the molecule is NC(c1ccc2c(c1)CCCC2)C(C(F)(F)F)C(F)(F)F. The van der Waals surface area contributed by atoms with Crippen molar-refractivity contribution in [3.8, 4) is 0 Å². The van der Waals surface area contributed by atoms with E-state index in [-0.39, 0.29) is 5.56 Å². The highest BCUT2D eigenvalue weighted by Crippen LogP contribution is 2.45. The molecule has 1 aromatic carbocycles. The maximum atomic E-state index is 12.7. The second-order valence-electron chi connectivity index (χ2n) is 5.32. The van der Waals surface area contributed by atoms with Gasteiger partial charge in [-0.05, 0) is 42.4 Å². The van der Waals surface area contributed by atoms with E-state index in [4.69, 9.17) is 5.73 Å². The number of alkyl halides is 6. The Hall–Kier alpha value is -1.24. The zero-order valence-corrected chi connectivity index (χ0v) is 11.1. The van der Waals surface area contributed by atoms with Gasteiger partial charge in [-0.3, -0.25) is 0 Å². The zero-order valence-electron chi connectivity index (χ0n) is 11.1. The first-order chi connectivity index (χ1) is 9.60. The molecule has 0 amide bonds. The molecule has 1 nitrogen and oxygen atoms in total. The van der Waals surface area contributed by atoms with E-state index in [0.29, 0.717) is 6.42 Å². The van der Waals surface area contributed by atoms with E-state index in [1.807, 2.05) is 0 Å². The number of benzene rings is 1. The number of rotatable bonds is 2. The van der Waals surface area contributed by atoms with Gasteiger partial charge in [-0.15, -0.1) is 0 Å². The summed E-state index contributed by atoms with van der Waals surface area (Å²) in [5.41, 5.74) is 6.97. The molecular weight excluding hydrogens is 296 g/mol. The molecule has 0 aliphatic heterocycles. The van der Waals surface area contributed by atoms with E-state index in [2.05, 4.69) is 0 Å². The molecule has 1 aliphatic rings. The first kappa shape index (κ1) is 16.1. The van der Waals surface area contributed by atoms with E-state index in [0.717, 1.165) is 30.4 Å². The molecule has 21 heavy (non-hydrogen) atoms. The molecule has 0 saturated heterocycles. The first-order valence-corrected chi connectivity index (χ1v) is 6.61. The number of nitrogens with two attached hydrogens (primary N) is 1. The van der Waals surface area contributed by atoms with Crippen molar-refractivity contribution in [3.63, 3.8) is 0 Å². The zero-order chi connectivity index (χ0) is 15.8. The molecular formula is C14H15F6N. The number of halogens is 6.